The minimum atomic E-state index is 0.101. The number of fused-ring (bicyclic) bond motifs is 1. The number of likely N-dealkylation sites (tertiary alicyclic amines) is 1. The number of benzene rings is 2. The highest BCUT2D eigenvalue weighted by atomic mass is 16.5. The van der Waals surface area contributed by atoms with Crippen molar-refractivity contribution >= 4 is 16.8 Å². The fourth-order valence-electron chi connectivity index (χ4n) is 4.66. The van der Waals surface area contributed by atoms with Crippen molar-refractivity contribution in [3.05, 3.63) is 71.4 Å². The van der Waals surface area contributed by atoms with Crippen molar-refractivity contribution in [1.82, 2.24) is 14.8 Å². The highest BCUT2D eigenvalue weighted by Gasteiger charge is 2.20. The Kier molecular flexibility index (Phi) is 7.84. The van der Waals surface area contributed by atoms with Gasteiger partial charge in [-0.2, -0.15) is 0 Å². The van der Waals surface area contributed by atoms with Crippen LogP contribution in [0.25, 0.3) is 10.9 Å². The van der Waals surface area contributed by atoms with Crippen LogP contribution >= 0.6 is 0 Å². The van der Waals surface area contributed by atoms with E-state index in [4.69, 9.17) is 4.74 Å². The monoisotopic (exact) mass is 459 g/mol. The molecule has 4 rings (SSSR count). The van der Waals surface area contributed by atoms with Gasteiger partial charge < -0.3 is 9.64 Å². The zero-order chi connectivity index (χ0) is 24.1. The van der Waals surface area contributed by atoms with Crippen LogP contribution in [0, 0.1) is 12.8 Å². The summed E-state index contributed by atoms with van der Waals surface area (Å²) in [5.74, 6) is 1.68. The van der Waals surface area contributed by atoms with E-state index in [9.17, 15) is 4.79 Å². The Morgan fingerprint density at radius 3 is 2.65 bits per heavy atom. The van der Waals surface area contributed by atoms with Crippen molar-refractivity contribution < 1.29 is 9.53 Å². The van der Waals surface area contributed by atoms with Crippen molar-refractivity contribution in [2.45, 2.75) is 46.1 Å². The Labute approximate surface area is 203 Å². The molecule has 1 aromatic heterocycles. The molecule has 0 unspecified atom stereocenters. The standard InChI is InChI=1S/C29H37N3O2/c1-21(2)31(4)29(33)25-8-5-7-24(20-25)19-23-13-15-32(16-14-23)17-18-34-28-10-6-9-27-26(28)12-11-22(3)30-27/h5-12,20-21,23H,13-19H2,1-4H3. The van der Waals surface area contributed by atoms with E-state index >= 15 is 0 Å². The first-order valence-corrected chi connectivity index (χ1v) is 12.5. The molecular formula is C29H37N3O2. The van der Waals surface area contributed by atoms with Crippen LogP contribution in [0.3, 0.4) is 0 Å². The van der Waals surface area contributed by atoms with E-state index in [0.717, 1.165) is 54.0 Å². The molecule has 1 aliphatic heterocycles. The molecule has 0 aliphatic carbocycles. The van der Waals surface area contributed by atoms with Crippen LogP contribution in [0.1, 0.15) is 48.3 Å². The molecule has 2 aromatic carbocycles. The highest BCUT2D eigenvalue weighted by Crippen LogP contribution is 2.25. The van der Waals surface area contributed by atoms with Crippen LogP contribution in [0.4, 0.5) is 0 Å². The molecule has 5 heteroatoms. The van der Waals surface area contributed by atoms with E-state index in [1.807, 2.05) is 64.2 Å². The molecule has 1 fully saturated rings. The lowest BCUT2D eigenvalue weighted by Gasteiger charge is -2.32. The van der Waals surface area contributed by atoms with Gasteiger partial charge in [0.1, 0.15) is 12.4 Å². The lowest BCUT2D eigenvalue weighted by atomic mass is 9.89. The highest BCUT2D eigenvalue weighted by molar-refractivity contribution is 5.94. The van der Waals surface area contributed by atoms with E-state index in [0.29, 0.717) is 12.5 Å². The summed E-state index contributed by atoms with van der Waals surface area (Å²) in [7, 11) is 1.87. The molecule has 1 aliphatic rings. The summed E-state index contributed by atoms with van der Waals surface area (Å²) in [5, 5.41) is 1.08. The Morgan fingerprint density at radius 1 is 1.12 bits per heavy atom. The van der Waals surface area contributed by atoms with Crippen LogP contribution in [-0.4, -0.2) is 60.0 Å². The van der Waals surface area contributed by atoms with Crippen LogP contribution in [0.2, 0.25) is 0 Å². The molecule has 2 heterocycles. The van der Waals surface area contributed by atoms with Gasteiger partial charge in [0.15, 0.2) is 0 Å². The third-order valence-electron chi connectivity index (χ3n) is 7.00. The number of carbonyl (C=O) groups is 1. The average Bonchev–Trinajstić information content (AvgIpc) is 2.84. The topological polar surface area (TPSA) is 45.7 Å². The largest absolute Gasteiger partial charge is 0.492 e. The predicted octanol–water partition coefficient (Wildman–Crippen LogP) is 5.36. The number of aromatic nitrogens is 1. The molecule has 180 valence electrons. The molecule has 3 aromatic rings. The quantitative estimate of drug-likeness (QED) is 0.455. The molecule has 1 amide bonds. The zero-order valence-electron chi connectivity index (χ0n) is 21.0. The van der Waals surface area contributed by atoms with Gasteiger partial charge in [-0.1, -0.05) is 18.2 Å². The van der Waals surface area contributed by atoms with Gasteiger partial charge in [0, 0.05) is 36.3 Å². The number of amides is 1. The van der Waals surface area contributed by atoms with Crippen LogP contribution in [0.5, 0.6) is 5.75 Å². The number of pyridine rings is 1. The van der Waals surface area contributed by atoms with Crippen molar-refractivity contribution in [3.8, 4) is 5.75 Å². The first kappa shape index (κ1) is 24.2. The minimum Gasteiger partial charge on any atom is -0.492 e. The number of hydrogen-bond donors (Lipinski definition) is 0. The second-order valence-corrected chi connectivity index (χ2v) is 9.82. The smallest absolute Gasteiger partial charge is 0.253 e. The number of piperidine rings is 1. The Balaban J connectivity index is 1.25. The van der Waals surface area contributed by atoms with Crippen LogP contribution < -0.4 is 4.74 Å². The van der Waals surface area contributed by atoms with Gasteiger partial charge in [-0.05, 0) is 101 Å². The van der Waals surface area contributed by atoms with Gasteiger partial charge in [0.05, 0.1) is 5.52 Å². The maximum Gasteiger partial charge on any atom is 0.253 e. The first-order chi connectivity index (χ1) is 16.4. The van der Waals surface area contributed by atoms with Crippen LogP contribution in [-0.2, 0) is 6.42 Å². The number of hydrogen-bond acceptors (Lipinski definition) is 4. The van der Waals surface area contributed by atoms with Crippen molar-refractivity contribution in [3.63, 3.8) is 0 Å². The molecule has 0 saturated carbocycles. The Hall–Kier alpha value is -2.92. The summed E-state index contributed by atoms with van der Waals surface area (Å²) in [6.45, 7) is 9.91. The Morgan fingerprint density at radius 2 is 1.88 bits per heavy atom. The number of ether oxygens (including phenoxy) is 1. The number of carbonyl (C=O) groups excluding carboxylic acids is 1. The molecule has 5 nitrogen and oxygen atoms in total. The first-order valence-electron chi connectivity index (χ1n) is 12.5. The van der Waals surface area contributed by atoms with Crippen LogP contribution in [0.15, 0.2) is 54.6 Å². The van der Waals surface area contributed by atoms with Crippen molar-refractivity contribution in [2.75, 3.05) is 33.3 Å². The Bertz CT molecular complexity index is 1120. The molecule has 0 bridgehead atoms. The summed E-state index contributed by atoms with van der Waals surface area (Å²) in [5.41, 5.74) is 4.07. The fraction of sp³-hybridized carbons (Fsp3) is 0.448. The molecule has 0 atom stereocenters. The van der Waals surface area contributed by atoms with Crippen molar-refractivity contribution in [2.24, 2.45) is 5.92 Å². The molecular weight excluding hydrogens is 422 g/mol. The van der Waals surface area contributed by atoms with E-state index in [1.165, 1.54) is 18.4 Å². The second kappa shape index (κ2) is 11.0. The number of nitrogens with zero attached hydrogens (tertiary/aromatic N) is 3. The second-order valence-electron chi connectivity index (χ2n) is 9.82. The summed E-state index contributed by atoms with van der Waals surface area (Å²) in [6.07, 6.45) is 3.41. The average molecular weight is 460 g/mol. The lowest BCUT2D eigenvalue weighted by Crippen LogP contribution is -2.37. The molecule has 1 saturated heterocycles. The molecule has 0 radical (unpaired) electrons. The molecule has 0 N–H and O–H groups in total. The van der Waals surface area contributed by atoms with E-state index < -0.39 is 0 Å². The SMILES string of the molecule is Cc1ccc2c(OCCN3CCC(Cc4cccc(C(=O)N(C)C(C)C)c4)CC3)cccc2n1. The maximum absolute atomic E-state index is 12.7. The van der Waals surface area contributed by atoms with Gasteiger partial charge in [-0.15, -0.1) is 0 Å². The van der Waals surface area contributed by atoms with E-state index in [-0.39, 0.29) is 11.9 Å². The van der Waals surface area contributed by atoms with Gasteiger partial charge in [-0.3, -0.25) is 14.7 Å². The van der Waals surface area contributed by atoms with Gasteiger partial charge in [-0.25, -0.2) is 0 Å². The molecule has 34 heavy (non-hydrogen) atoms. The summed E-state index contributed by atoms with van der Waals surface area (Å²) >= 11 is 0. The summed E-state index contributed by atoms with van der Waals surface area (Å²) < 4.78 is 6.14. The number of rotatable bonds is 8. The third-order valence-corrected chi connectivity index (χ3v) is 7.00. The summed E-state index contributed by atoms with van der Waals surface area (Å²) in [6, 6.07) is 18.6. The van der Waals surface area contributed by atoms with Crippen molar-refractivity contribution in [1.29, 1.82) is 0 Å². The van der Waals surface area contributed by atoms with Gasteiger partial charge >= 0.3 is 0 Å². The number of aryl methyl sites for hydroxylation is 1. The fourth-order valence-corrected chi connectivity index (χ4v) is 4.66. The zero-order valence-corrected chi connectivity index (χ0v) is 21.0. The normalized spacial score (nSPS) is 15.1. The van der Waals surface area contributed by atoms with E-state index in [1.54, 1.807) is 4.90 Å². The minimum absolute atomic E-state index is 0.101. The third kappa shape index (κ3) is 5.95. The molecule has 0 spiro atoms. The maximum atomic E-state index is 12.7. The van der Waals surface area contributed by atoms with Gasteiger partial charge in [0.25, 0.3) is 5.91 Å². The van der Waals surface area contributed by atoms with E-state index in [2.05, 4.69) is 28.1 Å². The van der Waals surface area contributed by atoms with Gasteiger partial charge in [0.2, 0.25) is 0 Å². The predicted molar refractivity (Wildman–Crippen MR) is 139 cm³/mol. The summed E-state index contributed by atoms with van der Waals surface area (Å²) in [4.78, 5) is 21.6. The lowest BCUT2D eigenvalue weighted by molar-refractivity contribution is 0.0754.